The van der Waals surface area contributed by atoms with Crippen molar-refractivity contribution in [2.24, 2.45) is 10.7 Å². The standard InChI is InChI=1S/C17H18N2O2S/c1-21-13-9-7-11(8-10-13)15(20)14-16(22-17(18)19-14)12-5-3-2-4-6-12/h2-10,14-16,20H,1H3,(H2,18,19)/t14-,15-,16-/m0/s1. The second kappa shape index (κ2) is 6.42. The first kappa shape index (κ1) is 14.9. The van der Waals surface area contributed by atoms with E-state index in [0.29, 0.717) is 5.17 Å². The van der Waals surface area contributed by atoms with Gasteiger partial charge in [0.25, 0.3) is 0 Å². The van der Waals surface area contributed by atoms with E-state index in [9.17, 15) is 5.11 Å². The van der Waals surface area contributed by atoms with Crippen molar-refractivity contribution in [1.29, 1.82) is 0 Å². The van der Waals surface area contributed by atoms with Gasteiger partial charge in [-0.2, -0.15) is 0 Å². The molecule has 0 radical (unpaired) electrons. The smallest absolute Gasteiger partial charge is 0.155 e. The third kappa shape index (κ3) is 2.96. The predicted octanol–water partition coefficient (Wildman–Crippen LogP) is 2.90. The molecule has 1 heterocycles. The second-order valence-corrected chi connectivity index (χ2v) is 6.29. The minimum atomic E-state index is -0.704. The molecule has 2 aromatic carbocycles. The molecule has 1 aliphatic heterocycles. The summed E-state index contributed by atoms with van der Waals surface area (Å²) >= 11 is 1.50. The van der Waals surface area contributed by atoms with Crippen molar-refractivity contribution in [2.45, 2.75) is 17.4 Å². The van der Waals surface area contributed by atoms with E-state index in [-0.39, 0.29) is 11.3 Å². The average molecular weight is 314 g/mol. The Morgan fingerprint density at radius 3 is 2.45 bits per heavy atom. The molecular formula is C17H18N2O2S. The number of benzene rings is 2. The third-order valence-electron chi connectivity index (χ3n) is 3.74. The maximum atomic E-state index is 10.7. The predicted molar refractivity (Wildman–Crippen MR) is 90.1 cm³/mol. The van der Waals surface area contributed by atoms with Gasteiger partial charge in [-0.25, -0.2) is 0 Å². The summed E-state index contributed by atoms with van der Waals surface area (Å²) in [4.78, 5) is 4.44. The summed E-state index contributed by atoms with van der Waals surface area (Å²) < 4.78 is 5.15. The lowest BCUT2D eigenvalue weighted by molar-refractivity contribution is 0.147. The van der Waals surface area contributed by atoms with Crippen LogP contribution in [0, 0.1) is 0 Å². The lowest BCUT2D eigenvalue weighted by atomic mass is 9.96. The van der Waals surface area contributed by atoms with Crippen LogP contribution in [0.5, 0.6) is 5.75 Å². The van der Waals surface area contributed by atoms with Crippen LogP contribution in [0.1, 0.15) is 22.5 Å². The lowest BCUT2D eigenvalue weighted by Crippen LogP contribution is -2.20. The summed E-state index contributed by atoms with van der Waals surface area (Å²) in [5.74, 6) is 0.763. The summed E-state index contributed by atoms with van der Waals surface area (Å²) in [5, 5.41) is 11.3. The highest BCUT2D eigenvalue weighted by molar-refractivity contribution is 8.14. The van der Waals surface area contributed by atoms with Crippen LogP contribution in [0.3, 0.4) is 0 Å². The molecule has 2 aromatic rings. The highest BCUT2D eigenvalue weighted by Crippen LogP contribution is 2.43. The number of methoxy groups -OCH3 is 1. The molecule has 0 amide bonds. The van der Waals surface area contributed by atoms with Crippen LogP contribution < -0.4 is 10.5 Å². The van der Waals surface area contributed by atoms with Crippen molar-refractivity contribution in [3.05, 3.63) is 65.7 Å². The van der Waals surface area contributed by atoms with E-state index in [1.165, 1.54) is 11.8 Å². The molecule has 0 unspecified atom stereocenters. The largest absolute Gasteiger partial charge is 0.497 e. The van der Waals surface area contributed by atoms with Gasteiger partial charge in [-0.3, -0.25) is 4.99 Å². The van der Waals surface area contributed by atoms with Crippen molar-refractivity contribution in [2.75, 3.05) is 7.11 Å². The minimum Gasteiger partial charge on any atom is -0.497 e. The zero-order valence-corrected chi connectivity index (χ0v) is 13.0. The van der Waals surface area contributed by atoms with E-state index in [1.54, 1.807) is 7.11 Å². The molecule has 0 saturated heterocycles. The van der Waals surface area contributed by atoms with E-state index in [0.717, 1.165) is 16.9 Å². The van der Waals surface area contributed by atoms with Crippen LogP contribution in [-0.2, 0) is 0 Å². The number of rotatable bonds is 4. The number of hydrogen-bond acceptors (Lipinski definition) is 5. The molecule has 1 aliphatic rings. The van der Waals surface area contributed by atoms with Gasteiger partial charge < -0.3 is 15.6 Å². The Morgan fingerprint density at radius 2 is 1.82 bits per heavy atom. The number of thioether (sulfide) groups is 1. The summed E-state index contributed by atoms with van der Waals surface area (Å²) in [5.41, 5.74) is 7.83. The summed E-state index contributed by atoms with van der Waals surface area (Å²) in [7, 11) is 1.62. The maximum absolute atomic E-state index is 10.7. The van der Waals surface area contributed by atoms with Crippen LogP contribution in [0.4, 0.5) is 0 Å². The SMILES string of the molecule is COc1ccc([C@H](O)[C@@H]2N=C(N)S[C@H]2c2ccccc2)cc1. The molecule has 114 valence electrons. The molecule has 4 nitrogen and oxygen atoms in total. The van der Waals surface area contributed by atoms with Crippen molar-refractivity contribution in [3.8, 4) is 5.75 Å². The Balaban J connectivity index is 1.86. The molecule has 0 fully saturated rings. The van der Waals surface area contributed by atoms with Gasteiger partial charge in [-0.1, -0.05) is 54.2 Å². The molecule has 3 atom stereocenters. The highest BCUT2D eigenvalue weighted by Gasteiger charge is 2.36. The quantitative estimate of drug-likeness (QED) is 0.910. The topological polar surface area (TPSA) is 67.8 Å². The fourth-order valence-electron chi connectivity index (χ4n) is 2.59. The zero-order valence-electron chi connectivity index (χ0n) is 12.2. The van der Waals surface area contributed by atoms with Gasteiger partial charge in [0.1, 0.15) is 11.9 Å². The maximum Gasteiger partial charge on any atom is 0.155 e. The number of amidine groups is 1. The fraction of sp³-hybridized carbons (Fsp3) is 0.235. The van der Waals surface area contributed by atoms with E-state index in [4.69, 9.17) is 10.5 Å². The molecule has 0 aliphatic carbocycles. The first-order chi connectivity index (χ1) is 10.7. The van der Waals surface area contributed by atoms with E-state index in [2.05, 4.69) is 4.99 Å². The Morgan fingerprint density at radius 1 is 1.14 bits per heavy atom. The molecular weight excluding hydrogens is 296 g/mol. The number of ether oxygens (including phenoxy) is 1. The molecule has 0 aromatic heterocycles. The number of aliphatic imine (C=N–C) groups is 1. The summed E-state index contributed by atoms with van der Waals surface area (Å²) in [6.45, 7) is 0. The van der Waals surface area contributed by atoms with Gasteiger partial charge in [0, 0.05) is 0 Å². The van der Waals surface area contributed by atoms with E-state index < -0.39 is 6.10 Å². The Kier molecular flexibility index (Phi) is 4.36. The van der Waals surface area contributed by atoms with Crippen molar-refractivity contribution in [3.63, 3.8) is 0 Å². The van der Waals surface area contributed by atoms with Crippen LogP contribution >= 0.6 is 11.8 Å². The third-order valence-corrected chi connectivity index (χ3v) is 4.89. The van der Waals surface area contributed by atoms with Gasteiger partial charge in [-0.05, 0) is 23.3 Å². The molecule has 0 spiro atoms. The molecule has 3 N–H and O–H groups in total. The van der Waals surface area contributed by atoms with Gasteiger partial charge in [0.15, 0.2) is 5.17 Å². The van der Waals surface area contributed by atoms with Crippen molar-refractivity contribution < 1.29 is 9.84 Å². The molecule has 0 saturated carbocycles. The molecule has 5 heteroatoms. The first-order valence-corrected chi connectivity index (χ1v) is 7.94. The molecule has 22 heavy (non-hydrogen) atoms. The molecule has 3 rings (SSSR count). The van der Waals surface area contributed by atoms with E-state index in [1.807, 2.05) is 54.6 Å². The van der Waals surface area contributed by atoms with Gasteiger partial charge in [-0.15, -0.1) is 0 Å². The first-order valence-electron chi connectivity index (χ1n) is 7.06. The van der Waals surface area contributed by atoms with Gasteiger partial charge in [0.05, 0.1) is 18.4 Å². The minimum absolute atomic E-state index is 0.0262. The van der Waals surface area contributed by atoms with Crippen molar-refractivity contribution in [1.82, 2.24) is 0 Å². The summed E-state index contributed by atoms with van der Waals surface area (Å²) in [6, 6.07) is 17.1. The second-order valence-electron chi connectivity index (χ2n) is 5.13. The monoisotopic (exact) mass is 314 g/mol. The number of nitrogens with zero attached hydrogens (tertiary/aromatic N) is 1. The fourth-order valence-corrected chi connectivity index (χ4v) is 3.67. The number of nitrogens with two attached hydrogens (primary N) is 1. The molecule has 0 bridgehead atoms. The lowest BCUT2D eigenvalue weighted by Gasteiger charge is -2.23. The van der Waals surface area contributed by atoms with Crippen molar-refractivity contribution >= 4 is 16.9 Å². The summed E-state index contributed by atoms with van der Waals surface area (Å²) in [6.07, 6.45) is -0.704. The Hall–Kier alpha value is -1.98. The van der Waals surface area contributed by atoms with Crippen LogP contribution in [0.2, 0.25) is 0 Å². The Labute approximate surface area is 134 Å². The van der Waals surface area contributed by atoms with Crippen LogP contribution in [0.15, 0.2) is 59.6 Å². The number of hydrogen-bond donors (Lipinski definition) is 2. The normalized spacial score (nSPS) is 22.2. The number of aliphatic hydroxyl groups is 1. The van der Waals surface area contributed by atoms with Crippen LogP contribution in [0.25, 0.3) is 0 Å². The van der Waals surface area contributed by atoms with E-state index >= 15 is 0 Å². The average Bonchev–Trinajstić information content (AvgIpc) is 2.97. The van der Waals surface area contributed by atoms with Crippen LogP contribution in [-0.4, -0.2) is 23.4 Å². The Bertz CT molecular complexity index is 658. The highest BCUT2D eigenvalue weighted by atomic mass is 32.2. The zero-order chi connectivity index (χ0) is 15.5. The van der Waals surface area contributed by atoms with Gasteiger partial charge >= 0.3 is 0 Å². The number of aliphatic hydroxyl groups excluding tert-OH is 1. The van der Waals surface area contributed by atoms with Gasteiger partial charge in [0.2, 0.25) is 0 Å².